The van der Waals surface area contributed by atoms with E-state index in [1.54, 1.807) is 0 Å². The van der Waals surface area contributed by atoms with Gasteiger partial charge in [0.1, 0.15) is 6.61 Å². The molecule has 186 valence electrons. The number of benzene rings is 2. The van der Waals surface area contributed by atoms with Crippen molar-refractivity contribution in [3.8, 4) is 11.1 Å². The molecule has 2 aromatic rings. The molecule has 0 aliphatic heterocycles. The first-order valence-electron chi connectivity index (χ1n) is 12.6. The molecule has 3 N–H and O–H groups in total. The van der Waals surface area contributed by atoms with Gasteiger partial charge in [-0.15, -0.1) is 0 Å². The fraction of sp³-hybridized carbons (Fsp3) is 0.464. The van der Waals surface area contributed by atoms with Crippen molar-refractivity contribution in [3.63, 3.8) is 0 Å². The highest BCUT2D eigenvalue weighted by Crippen LogP contribution is 2.44. The number of amides is 2. The summed E-state index contributed by atoms with van der Waals surface area (Å²) in [4.78, 5) is 36.5. The highest BCUT2D eigenvalue weighted by Gasteiger charge is 2.33. The van der Waals surface area contributed by atoms with Crippen molar-refractivity contribution in [1.82, 2.24) is 10.6 Å². The minimum atomic E-state index is -0.789. The Balaban J connectivity index is 1.29. The molecule has 0 aromatic heterocycles. The van der Waals surface area contributed by atoms with Crippen molar-refractivity contribution in [3.05, 3.63) is 59.7 Å². The summed E-state index contributed by atoms with van der Waals surface area (Å²) in [7, 11) is 0. The molecule has 0 heterocycles. The Morgan fingerprint density at radius 2 is 1.69 bits per heavy atom. The summed E-state index contributed by atoms with van der Waals surface area (Å²) in [6.45, 7) is 2.59. The van der Waals surface area contributed by atoms with Gasteiger partial charge in [-0.3, -0.25) is 9.59 Å². The number of hydrogen-bond acceptors (Lipinski definition) is 4. The number of ether oxygens (including phenoxy) is 1. The number of hydrogen-bond donors (Lipinski definition) is 3. The fourth-order valence-electron chi connectivity index (χ4n) is 5.53. The minimum Gasteiger partial charge on any atom is -0.481 e. The Morgan fingerprint density at radius 3 is 2.31 bits per heavy atom. The van der Waals surface area contributed by atoms with Crippen molar-refractivity contribution in [1.29, 1.82) is 0 Å². The first kappa shape index (κ1) is 24.8. The maximum Gasteiger partial charge on any atom is 0.407 e. The predicted octanol–water partition coefficient (Wildman–Crippen LogP) is 4.70. The molecule has 7 heteroatoms. The van der Waals surface area contributed by atoms with Gasteiger partial charge in [0, 0.05) is 24.9 Å². The molecular formula is C28H34N2O5. The van der Waals surface area contributed by atoms with Gasteiger partial charge in [0.15, 0.2) is 0 Å². The van der Waals surface area contributed by atoms with Gasteiger partial charge in [-0.2, -0.15) is 0 Å². The smallest absolute Gasteiger partial charge is 0.407 e. The molecule has 2 aromatic carbocycles. The quantitative estimate of drug-likeness (QED) is 0.459. The van der Waals surface area contributed by atoms with Crippen LogP contribution in [0.5, 0.6) is 0 Å². The van der Waals surface area contributed by atoms with Crippen LogP contribution in [0.2, 0.25) is 0 Å². The molecule has 4 rings (SSSR count). The van der Waals surface area contributed by atoms with E-state index in [0.717, 1.165) is 30.4 Å². The summed E-state index contributed by atoms with van der Waals surface area (Å²) in [6, 6.07) is 16.0. The van der Waals surface area contributed by atoms with Crippen molar-refractivity contribution in [2.45, 2.75) is 57.4 Å². The molecule has 0 bridgehead atoms. The standard InChI is InChI=1S/C28H34N2O5/c1-2-8-19(15-26(31)29-16-18-9-7-14-20(18)27(32)33)30-28(34)35-17-25-23-12-5-3-10-21(23)22-11-4-6-13-24(22)25/h3-6,10-13,18-20,25H,2,7-9,14-17H2,1H3,(H,29,31)(H,30,34)(H,32,33)/t18-,19?,20-/m1/s1. The van der Waals surface area contributed by atoms with Gasteiger partial charge in [-0.05, 0) is 47.4 Å². The van der Waals surface area contributed by atoms with Crippen LogP contribution < -0.4 is 10.6 Å². The topological polar surface area (TPSA) is 105 Å². The predicted molar refractivity (Wildman–Crippen MR) is 133 cm³/mol. The van der Waals surface area contributed by atoms with Crippen LogP contribution in [-0.2, 0) is 14.3 Å². The van der Waals surface area contributed by atoms with Crippen molar-refractivity contribution in [2.75, 3.05) is 13.2 Å². The Bertz CT molecular complexity index is 1020. The first-order valence-corrected chi connectivity index (χ1v) is 12.6. The van der Waals surface area contributed by atoms with Crippen molar-refractivity contribution < 1.29 is 24.2 Å². The van der Waals surface area contributed by atoms with E-state index in [4.69, 9.17) is 4.74 Å². The summed E-state index contributed by atoms with van der Waals surface area (Å²) >= 11 is 0. The SMILES string of the molecule is CCCC(CC(=O)NC[C@H]1CCC[C@H]1C(=O)O)NC(=O)OCC1c2ccccc2-c2ccccc21. The number of carbonyl (C=O) groups is 3. The molecule has 2 amide bonds. The first-order chi connectivity index (χ1) is 17.0. The summed E-state index contributed by atoms with van der Waals surface area (Å²) < 4.78 is 5.63. The summed E-state index contributed by atoms with van der Waals surface area (Å²) in [5.74, 6) is -1.41. The van der Waals surface area contributed by atoms with Crippen LogP contribution in [0.15, 0.2) is 48.5 Å². The van der Waals surface area contributed by atoms with E-state index in [9.17, 15) is 19.5 Å². The second-order valence-corrected chi connectivity index (χ2v) is 9.60. The molecule has 0 spiro atoms. The van der Waals surface area contributed by atoms with Crippen molar-refractivity contribution >= 4 is 18.0 Å². The van der Waals surface area contributed by atoms with Crippen LogP contribution >= 0.6 is 0 Å². The third kappa shape index (κ3) is 5.84. The molecule has 1 unspecified atom stereocenters. The van der Waals surface area contributed by atoms with Gasteiger partial charge in [0.25, 0.3) is 0 Å². The lowest BCUT2D eigenvalue weighted by Crippen LogP contribution is -2.41. The van der Waals surface area contributed by atoms with E-state index in [1.165, 1.54) is 11.1 Å². The number of nitrogens with one attached hydrogen (secondary N) is 2. The average molecular weight is 479 g/mol. The largest absolute Gasteiger partial charge is 0.481 e. The highest BCUT2D eigenvalue weighted by molar-refractivity contribution is 5.79. The number of alkyl carbamates (subject to hydrolysis) is 1. The Kier molecular flexibility index (Phi) is 8.06. The van der Waals surface area contributed by atoms with Gasteiger partial charge in [0.05, 0.1) is 5.92 Å². The number of carboxylic acids is 1. The maximum atomic E-state index is 12.6. The molecule has 2 aliphatic rings. The summed E-state index contributed by atoms with van der Waals surface area (Å²) in [5, 5.41) is 15.1. The van der Waals surface area contributed by atoms with E-state index in [1.807, 2.05) is 31.2 Å². The van der Waals surface area contributed by atoms with Crippen LogP contribution in [0.1, 0.15) is 62.5 Å². The van der Waals surface area contributed by atoms with Crippen LogP contribution in [-0.4, -0.2) is 42.3 Å². The van der Waals surface area contributed by atoms with Crippen LogP contribution in [0.3, 0.4) is 0 Å². The molecule has 35 heavy (non-hydrogen) atoms. The number of aliphatic carboxylic acids is 1. The van der Waals surface area contributed by atoms with E-state index < -0.39 is 12.1 Å². The van der Waals surface area contributed by atoms with Crippen LogP contribution in [0, 0.1) is 11.8 Å². The van der Waals surface area contributed by atoms with Gasteiger partial charge in [-0.25, -0.2) is 4.79 Å². The fourth-order valence-corrected chi connectivity index (χ4v) is 5.53. The van der Waals surface area contributed by atoms with E-state index in [2.05, 4.69) is 34.9 Å². The Labute approximate surface area is 206 Å². The third-order valence-corrected chi connectivity index (χ3v) is 7.27. The lowest BCUT2D eigenvalue weighted by Gasteiger charge is -2.21. The van der Waals surface area contributed by atoms with E-state index in [-0.39, 0.29) is 42.7 Å². The molecule has 1 saturated carbocycles. The van der Waals surface area contributed by atoms with Crippen LogP contribution in [0.25, 0.3) is 11.1 Å². The zero-order valence-corrected chi connectivity index (χ0v) is 20.2. The third-order valence-electron chi connectivity index (χ3n) is 7.27. The minimum absolute atomic E-state index is 0.0188. The maximum absolute atomic E-state index is 12.6. The number of fused-ring (bicyclic) bond motifs is 3. The molecular weight excluding hydrogens is 444 g/mol. The zero-order valence-electron chi connectivity index (χ0n) is 20.2. The summed E-state index contributed by atoms with van der Waals surface area (Å²) in [6.07, 6.45) is 3.43. The van der Waals surface area contributed by atoms with Gasteiger partial charge in [-0.1, -0.05) is 68.3 Å². The normalized spacial score (nSPS) is 19.5. The molecule has 7 nitrogen and oxygen atoms in total. The second-order valence-electron chi connectivity index (χ2n) is 9.60. The Hall–Kier alpha value is -3.35. The number of rotatable bonds is 10. The van der Waals surface area contributed by atoms with E-state index >= 15 is 0 Å². The number of carboxylic acid groups (broad SMARTS) is 1. The highest BCUT2D eigenvalue weighted by atomic mass is 16.5. The second kappa shape index (κ2) is 11.4. The average Bonchev–Trinajstić information content (AvgIpc) is 3.44. The Morgan fingerprint density at radius 1 is 1.03 bits per heavy atom. The monoisotopic (exact) mass is 478 g/mol. The summed E-state index contributed by atoms with van der Waals surface area (Å²) in [5.41, 5.74) is 4.64. The molecule has 1 fully saturated rings. The van der Waals surface area contributed by atoms with Crippen LogP contribution in [0.4, 0.5) is 4.79 Å². The molecule has 2 aliphatic carbocycles. The van der Waals surface area contributed by atoms with Gasteiger partial charge in [0.2, 0.25) is 5.91 Å². The van der Waals surface area contributed by atoms with Gasteiger partial charge >= 0.3 is 12.1 Å². The molecule has 3 atom stereocenters. The van der Waals surface area contributed by atoms with Crippen molar-refractivity contribution in [2.24, 2.45) is 11.8 Å². The zero-order chi connectivity index (χ0) is 24.8. The number of carbonyl (C=O) groups excluding carboxylic acids is 2. The lowest BCUT2D eigenvalue weighted by molar-refractivity contribution is -0.143. The molecule has 0 radical (unpaired) electrons. The van der Waals surface area contributed by atoms with E-state index in [0.29, 0.717) is 19.4 Å². The lowest BCUT2D eigenvalue weighted by atomic mass is 9.96. The molecule has 0 saturated heterocycles. The van der Waals surface area contributed by atoms with Gasteiger partial charge < -0.3 is 20.5 Å².